The van der Waals surface area contributed by atoms with Crippen molar-refractivity contribution in [2.24, 2.45) is 0 Å². The van der Waals surface area contributed by atoms with Crippen molar-refractivity contribution < 1.29 is 18.7 Å². The van der Waals surface area contributed by atoms with E-state index in [0.717, 1.165) is 12.1 Å². The summed E-state index contributed by atoms with van der Waals surface area (Å²) in [6.45, 7) is 1.30. The van der Waals surface area contributed by atoms with Crippen LogP contribution < -0.4 is 10.5 Å². The molecule has 1 heterocycles. The van der Waals surface area contributed by atoms with E-state index in [1.165, 1.54) is 31.3 Å². The summed E-state index contributed by atoms with van der Waals surface area (Å²) in [4.78, 5) is 27.0. The van der Waals surface area contributed by atoms with Crippen molar-refractivity contribution in [3.8, 4) is 5.75 Å². The van der Waals surface area contributed by atoms with Crippen LogP contribution in [0.4, 0.5) is 10.2 Å². The molecule has 0 atom stereocenters. The van der Waals surface area contributed by atoms with Crippen LogP contribution in [0.1, 0.15) is 27.6 Å². The van der Waals surface area contributed by atoms with Crippen LogP contribution in [0.25, 0.3) is 0 Å². The zero-order chi connectivity index (χ0) is 14.7. The first-order chi connectivity index (χ1) is 9.47. The molecule has 0 amide bonds. The molecule has 0 saturated heterocycles. The first-order valence-electron chi connectivity index (χ1n) is 5.71. The summed E-state index contributed by atoms with van der Waals surface area (Å²) >= 11 is 0. The van der Waals surface area contributed by atoms with Crippen molar-refractivity contribution in [1.82, 2.24) is 4.98 Å². The van der Waals surface area contributed by atoms with E-state index in [0.29, 0.717) is 0 Å². The molecule has 102 valence electrons. The molecule has 6 heteroatoms. The van der Waals surface area contributed by atoms with Crippen molar-refractivity contribution in [2.45, 2.75) is 6.92 Å². The van der Waals surface area contributed by atoms with Crippen LogP contribution in [0.15, 0.2) is 36.5 Å². The van der Waals surface area contributed by atoms with E-state index >= 15 is 0 Å². The second-order valence-electron chi connectivity index (χ2n) is 4.06. The summed E-state index contributed by atoms with van der Waals surface area (Å²) in [6, 6.07) is 6.24. The number of benzene rings is 1. The molecule has 0 aliphatic rings. The average molecular weight is 274 g/mol. The first kappa shape index (κ1) is 13.7. The molecule has 2 rings (SSSR count). The van der Waals surface area contributed by atoms with Gasteiger partial charge in [-0.05, 0) is 31.2 Å². The highest BCUT2D eigenvalue weighted by Gasteiger charge is 2.15. The highest BCUT2D eigenvalue weighted by molar-refractivity contribution is 5.98. The van der Waals surface area contributed by atoms with Crippen molar-refractivity contribution in [1.29, 1.82) is 0 Å². The number of esters is 1. The van der Waals surface area contributed by atoms with Gasteiger partial charge in [0.15, 0.2) is 5.78 Å². The molecule has 0 bridgehead atoms. The van der Waals surface area contributed by atoms with Gasteiger partial charge in [-0.2, -0.15) is 0 Å². The number of carbonyl (C=O) groups is 2. The largest absolute Gasteiger partial charge is 0.422 e. The molecule has 0 radical (unpaired) electrons. The summed E-state index contributed by atoms with van der Waals surface area (Å²) in [5.41, 5.74) is 5.68. The number of halogens is 1. The summed E-state index contributed by atoms with van der Waals surface area (Å²) < 4.78 is 18.2. The normalized spacial score (nSPS) is 10.1. The van der Waals surface area contributed by atoms with Crippen LogP contribution in [0, 0.1) is 5.82 Å². The zero-order valence-corrected chi connectivity index (χ0v) is 10.6. The summed E-state index contributed by atoms with van der Waals surface area (Å²) in [5.74, 6) is -1.54. The number of nitrogens with zero attached hydrogens (tertiary/aromatic N) is 1. The standard InChI is InChI=1S/C14H11FN2O3/c1-8(18)11-4-3-10(15)6-12(11)20-14(19)9-2-5-13(16)17-7-9/h2-7H,1H3,(H2,16,17). The van der Waals surface area contributed by atoms with Crippen LogP contribution in [0.2, 0.25) is 0 Å². The Hall–Kier alpha value is -2.76. The van der Waals surface area contributed by atoms with E-state index in [-0.39, 0.29) is 28.5 Å². The van der Waals surface area contributed by atoms with Gasteiger partial charge in [0.25, 0.3) is 0 Å². The van der Waals surface area contributed by atoms with Gasteiger partial charge < -0.3 is 10.5 Å². The Morgan fingerprint density at radius 2 is 2.00 bits per heavy atom. The molecule has 20 heavy (non-hydrogen) atoms. The molecule has 1 aromatic heterocycles. The number of nitrogens with two attached hydrogens (primary N) is 1. The predicted molar refractivity (Wildman–Crippen MR) is 70.0 cm³/mol. The Balaban J connectivity index is 2.29. The third-order valence-corrected chi connectivity index (χ3v) is 2.55. The van der Waals surface area contributed by atoms with E-state index in [1.54, 1.807) is 0 Å². The topological polar surface area (TPSA) is 82.3 Å². The van der Waals surface area contributed by atoms with Crippen LogP contribution in [-0.2, 0) is 0 Å². The Morgan fingerprint density at radius 1 is 1.25 bits per heavy atom. The van der Waals surface area contributed by atoms with E-state index in [4.69, 9.17) is 10.5 Å². The predicted octanol–water partition coefficient (Wildman–Crippen LogP) is 2.22. The van der Waals surface area contributed by atoms with Gasteiger partial charge in [0, 0.05) is 12.3 Å². The van der Waals surface area contributed by atoms with Crippen LogP contribution in [-0.4, -0.2) is 16.7 Å². The highest BCUT2D eigenvalue weighted by atomic mass is 19.1. The van der Waals surface area contributed by atoms with E-state index in [1.807, 2.05) is 0 Å². The first-order valence-corrected chi connectivity index (χ1v) is 5.71. The SMILES string of the molecule is CC(=O)c1ccc(F)cc1OC(=O)c1ccc(N)nc1. The number of ketones is 1. The monoisotopic (exact) mass is 274 g/mol. The smallest absolute Gasteiger partial charge is 0.345 e. The summed E-state index contributed by atoms with van der Waals surface area (Å²) in [5, 5.41) is 0. The van der Waals surface area contributed by atoms with Gasteiger partial charge in [-0.1, -0.05) is 0 Å². The molecule has 0 unspecified atom stereocenters. The van der Waals surface area contributed by atoms with E-state index in [2.05, 4.69) is 4.98 Å². The van der Waals surface area contributed by atoms with Gasteiger partial charge in [0.1, 0.15) is 17.4 Å². The van der Waals surface area contributed by atoms with Crippen LogP contribution in [0.5, 0.6) is 5.75 Å². The van der Waals surface area contributed by atoms with E-state index in [9.17, 15) is 14.0 Å². The van der Waals surface area contributed by atoms with Gasteiger partial charge in [-0.3, -0.25) is 4.79 Å². The molecule has 2 N–H and O–H groups in total. The fraction of sp³-hybridized carbons (Fsp3) is 0.0714. The maximum Gasteiger partial charge on any atom is 0.345 e. The highest BCUT2D eigenvalue weighted by Crippen LogP contribution is 2.21. The average Bonchev–Trinajstić information content (AvgIpc) is 2.39. The third-order valence-electron chi connectivity index (χ3n) is 2.55. The van der Waals surface area contributed by atoms with E-state index < -0.39 is 11.8 Å². The molecule has 0 aliphatic carbocycles. The fourth-order valence-corrected chi connectivity index (χ4v) is 1.56. The number of hydrogen-bond donors (Lipinski definition) is 1. The summed E-state index contributed by atoms with van der Waals surface area (Å²) in [7, 11) is 0. The Morgan fingerprint density at radius 3 is 2.60 bits per heavy atom. The number of anilines is 1. The number of Topliss-reactive ketones (excluding diaryl/α,β-unsaturated/α-hetero) is 1. The van der Waals surface area contributed by atoms with Gasteiger partial charge in [0.2, 0.25) is 0 Å². The van der Waals surface area contributed by atoms with Crippen molar-refractivity contribution in [3.05, 3.63) is 53.5 Å². The van der Waals surface area contributed by atoms with Gasteiger partial charge in [0.05, 0.1) is 11.1 Å². The molecule has 0 fully saturated rings. The number of aromatic nitrogens is 1. The number of ether oxygens (including phenoxy) is 1. The van der Waals surface area contributed by atoms with Gasteiger partial charge in [-0.25, -0.2) is 14.2 Å². The van der Waals surface area contributed by atoms with Gasteiger partial charge >= 0.3 is 5.97 Å². The van der Waals surface area contributed by atoms with Crippen LogP contribution >= 0.6 is 0 Å². The zero-order valence-electron chi connectivity index (χ0n) is 10.6. The minimum atomic E-state index is -0.745. The number of nitrogen functional groups attached to an aromatic ring is 1. The second kappa shape index (κ2) is 5.48. The molecule has 0 saturated carbocycles. The lowest BCUT2D eigenvalue weighted by molar-refractivity contribution is 0.0732. The summed E-state index contributed by atoms with van der Waals surface area (Å²) in [6.07, 6.45) is 1.24. The number of rotatable bonds is 3. The molecular formula is C14H11FN2O3. The Bertz CT molecular complexity index is 669. The number of pyridine rings is 1. The lowest BCUT2D eigenvalue weighted by Crippen LogP contribution is -2.11. The molecule has 2 aromatic rings. The minimum absolute atomic E-state index is 0.126. The van der Waals surface area contributed by atoms with Crippen LogP contribution in [0.3, 0.4) is 0 Å². The maximum atomic E-state index is 13.2. The number of hydrogen-bond acceptors (Lipinski definition) is 5. The number of carbonyl (C=O) groups excluding carboxylic acids is 2. The maximum absolute atomic E-state index is 13.2. The Kier molecular flexibility index (Phi) is 3.74. The minimum Gasteiger partial charge on any atom is -0.422 e. The quantitative estimate of drug-likeness (QED) is 0.527. The Labute approximate surface area is 114 Å². The van der Waals surface area contributed by atoms with Gasteiger partial charge in [-0.15, -0.1) is 0 Å². The molecule has 5 nitrogen and oxygen atoms in total. The lowest BCUT2D eigenvalue weighted by Gasteiger charge is -2.08. The van der Waals surface area contributed by atoms with Crippen molar-refractivity contribution in [3.63, 3.8) is 0 Å². The van der Waals surface area contributed by atoms with Crippen molar-refractivity contribution in [2.75, 3.05) is 5.73 Å². The molecule has 0 aliphatic heterocycles. The molecule has 0 spiro atoms. The third kappa shape index (κ3) is 2.97. The fourth-order valence-electron chi connectivity index (χ4n) is 1.56. The second-order valence-corrected chi connectivity index (χ2v) is 4.06. The lowest BCUT2D eigenvalue weighted by atomic mass is 10.1. The molecule has 1 aromatic carbocycles. The van der Waals surface area contributed by atoms with Crippen molar-refractivity contribution >= 4 is 17.6 Å². The molecular weight excluding hydrogens is 263 g/mol.